The first-order valence-electron chi connectivity index (χ1n) is 11.3. The van der Waals surface area contributed by atoms with Crippen LogP contribution in [0.4, 0.5) is 0 Å². The lowest BCUT2D eigenvalue weighted by atomic mass is 9.96. The van der Waals surface area contributed by atoms with E-state index in [1.54, 1.807) is 37.8 Å². The number of allylic oxidation sites excluding steroid dienone is 2. The van der Waals surface area contributed by atoms with E-state index in [1.807, 2.05) is 0 Å². The number of carbonyl (C=O) groups excluding carboxylic acids is 4. The summed E-state index contributed by atoms with van der Waals surface area (Å²) in [5.74, 6) is -2.56. The van der Waals surface area contributed by atoms with Crippen LogP contribution in [-0.2, 0) is 28.7 Å². The number of esters is 2. The van der Waals surface area contributed by atoms with Crippen molar-refractivity contribution in [1.29, 1.82) is 0 Å². The van der Waals surface area contributed by atoms with Gasteiger partial charge in [-0.3, -0.25) is 19.2 Å². The van der Waals surface area contributed by atoms with Gasteiger partial charge in [-0.1, -0.05) is 12.2 Å². The van der Waals surface area contributed by atoms with Crippen LogP contribution in [0.25, 0.3) is 0 Å². The van der Waals surface area contributed by atoms with Gasteiger partial charge in [-0.05, 0) is 46.5 Å². The van der Waals surface area contributed by atoms with Crippen LogP contribution in [0.5, 0.6) is 0 Å². The van der Waals surface area contributed by atoms with Crippen molar-refractivity contribution in [2.24, 2.45) is 11.8 Å². The van der Waals surface area contributed by atoms with Gasteiger partial charge in [0.15, 0.2) is 0 Å². The molecule has 2 aliphatic rings. The maximum Gasteiger partial charge on any atom is 0.309 e. The van der Waals surface area contributed by atoms with Crippen molar-refractivity contribution in [3.63, 3.8) is 0 Å². The van der Waals surface area contributed by atoms with Gasteiger partial charge in [0, 0.05) is 19.5 Å². The highest BCUT2D eigenvalue weighted by Gasteiger charge is 2.35. The smallest absolute Gasteiger partial charge is 0.309 e. The Morgan fingerprint density at radius 3 is 2.53 bits per heavy atom. The predicted octanol–water partition coefficient (Wildman–Crippen LogP) is 1.33. The van der Waals surface area contributed by atoms with E-state index in [2.05, 4.69) is 5.32 Å². The minimum atomic E-state index is -0.669. The standard InChI is InChI=1S/C23H36N2O7/c1-23(2,3)32-20(28)14-17-8-5-4-7-16(13-19(27)24-10-12-26)21(29)25-11-6-9-18(25)15-31-22(17)30/h4-5,16-18,26H,6-15H2,1-3H3,(H,24,27)/b5-4-/t16-,17+,18-/m0/s1. The molecule has 3 atom stereocenters. The Morgan fingerprint density at radius 2 is 1.88 bits per heavy atom. The number of aliphatic hydroxyl groups excluding tert-OH is 1. The van der Waals surface area contributed by atoms with E-state index in [-0.39, 0.29) is 56.9 Å². The van der Waals surface area contributed by atoms with Crippen LogP contribution in [0.1, 0.15) is 59.3 Å². The van der Waals surface area contributed by atoms with E-state index in [0.29, 0.717) is 13.0 Å². The molecule has 2 N–H and O–H groups in total. The number of amides is 2. The number of nitrogens with one attached hydrogen (secondary N) is 1. The summed E-state index contributed by atoms with van der Waals surface area (Å²) in [7, 11) is 0. The molecule has 1 saturated heterocycles. The Bertz CT molecular complexity index is 714. The molecule has 9 heteroatoms. The molecule has 2 amide bonds. The van der Waals surface area contributed by atoms with E-state index in [4.69, 9.17) is 14.6 Å². The summed E-state index contributed by atoms with van der Waals surface area (Å²) < 4.78 is 10.9. The highest BCUT2D eigenvalue weighted by molar-refractivity contribution is 5.86. The van der Waals surface area contributed by atoms with Gasteiger partial charge in [-0.25, -0.2) is 0 Å². The van der Waals surface area contributed by atoms with Gasteiger partial charge in [0.1, 0.15) is 12.2 Å². The fourth-order valence-corrected chi connectivity index (χ4v) is 3.96. The lowest BCUT2D eigenvalue weighted by molar-refractivity contribution is -0.162. The van der Waals surface area contributed by atoms with Crippen molar-refractivity contribution >= 4 is 23.8 Å². The number of fused-ring (bicyclic) bond motifs is 1. The Morgan fingerprint density at radius 1 is 1.19 bits per heavy atom. The predicted molar refractivity (Wildman–Crippen MR) is 116 cm³/mol. The fourth-order valence-electron chi connectivity index (χ4n) is 3.96. The second kappa shape index (κ2) is 12.0. The average molecular weight is 453 g/mol. The molecule has 0 bridgehead atoms. The van der Waals surface area contributed by atoms with Crippen LogP contribution in [0.2, 0.25) is 0 Å². The summed E-state index contributed by atoms with van der Waals surface area (Å²) >= 11 is 0. The van der Waals surface area contributed by atoms with E-state index >= 15 is 0 Å². The van der Waals surface area contributed by atoms with Crippen LogP contribution in [0.3, 0.4) is 0 Å². The van der Waals surface area contributed by atoms with Crippen LogP contribution in [0.15, 0.2) is 12.2 Å². The van der Waals surface area contributed by atoms with Crippen LogP contribution < -0.4 is 5.32 Å². The van der Waals surface area contributed by atoms with Crippen molar-refractivity contribution in [3.05, 3.63) is 12.2 Å². The molecule has 0 unspecified atom stereocenters. The molecule has 2 heterocycles. The van der Waals surface area contributed by atoms with Crippen molar-refractivity contribution in [3.8, 4) is 0 Å². The lowest BCUT2D eigenvalue weighted by Crippen LogP contribution is -2.44. The largest absolute Gasteiger partial charge is 0.463 e. The molecule has 1 fully saturated rings. The van der Waals surface area contributed by atoms with Crippen molar-refractivity contribution in [2.45, 2.75) is 70.9 Å². The summed E-state index contributed by atoms with van der Waals surface area (Å²) in [5, 5.41) is 11.5. The first-order chi connectivity index (χ1) is 15.1. The first kappa shape index (κ1) is 25.8. The van der Waals surface area contributed by atoms with Gasteiger partial charge in [-0.2, -0.15) is 0 Å². The zero-order valence-corrected chi connectivity index (χ0v) is 19.3. The number of hydrogen-bond acceptors (Lipinski definition) is 7. The summed E-state index contributed by atoms with van der Waals surface area (Å²) in [6.07, 6.45) is 5.62. The van der Waals surface area contributed by atoms with E-state index in [0.717, 1.165) is 12.8 Å². The first-order valence-corrected chi connectivity index (χ1v) is 11.3. The molecule has 180 valence electrons. The molecular weight excluding hydrogens is 416 g/mol. The van der Waals surface area contributed by atoms with Crippen LogP contribution in [-0.4, -0.2) is 71.7 Å². The Kier molecular flexibility index (Phi) is 9.68. The number of rotatable bonds is 6. The maximum atomic E-state index is 13.1. The number of hydrogen-bond donors (Lipinski definition) is 2. The quantitative estimate of drug-likeness (QED) is 0.460. The summed E-state index contributed by atoms with van der Waals surface area (Å²) in [6, 6.07) is -0.236. The zero-order chi connectivity index (χ0) is 23.7. The molecule has 0 aromatic heterocycles. The summed E-state index contributed by atoms with van der Waals surface area (Å²) in [4.78, 5) is 52.0. The van der Waals surface area contributed by atoms with Crippen molar-refractivity contribution < 1.29 is 33.8 Å². The third-order valence-electron chi connectivity index (χ3n) is 5.47. The SMILES string of the molecule is CC(C)(C)OC(=O)C[C@H]1C/C=C\C[C@@H](CC(=O)NCCO)C(=O)N2CCC[C@H]2COC1=O. The molecule has 9 nitrogen and oxygen atoms in total. The lowest BCUT2D eigenvalue weighted by Gasteiger charge is -2.29. The molecule has 0 radical (unpaired) electrons. The second-order valence-electron chi connectivity index (χ2n) is 9.36. The minimum absolute atomic E-state index is 0.0213. The maximum absolute atomic E-state index is 13.1. The van der Waals surface area contributed by atoms with Gasteiger partial charge in [-0.15, -0.1) is 0 Å². The molecule has 2 aliphatic heterocycles. The molecule has 0 aromatic carbocycles. The van der Waals surface area contributed by atoms with E-state index in [1.165, 1.54) is 0 Å². The van der Waals surface area contributed by atoms with Crippen molar-refractivity contribution in [2.75, 3.05) is 26.3 Å². The number of nitrogens with zero attached hydrogens (tertiary/aromatic N) is 1. The van der Waals surface area contributed by atoms with Crippen LogP contribution >= 0.6 is 0 Å². The molecule has 32 heavy (non-hydrogen) atoms. The number of carbonyl (C=O) groups is 4. The van der Waals surface area contributed by atoms with Crippen molar-refractivity contribution in [1.82, 2.24) is 10.2 Å². The second-order valence-corrected chi connectivity index (χ2v) is 9.36. The highest BCUT2D eigenvalue weighted by Crippen LogP contribution is 2.25. The number of cyclic esters (lactones) is 1. The monoisotopic (exact) mass is 452 g/mol. The third kappa shape index (κ3) is 8.26. The fraction of sp³-hybridized carbons (Fsp3) is 0.739. The third-order valence-corrected chi connectivity index (χ3v) is 5.47. The molecule has 0 spiro atoms. The van der Waals surface area contributed by atoms with Gasteiger partial charge in [0.25, 0.3) is 0 Å². The highest BCUT2D eigenvalue weighted by atomic mass is 16.6. The number of aliphatic hydroxyl groups is 1. The molecule has 0 aromatic rings. The topological polar surface area (TPSA) is 122 Å². The van der Waals surface area contributed by atoms with Gasteiger partial charge >= 0.3 is 11.9 Å². The van der Waals surface area contributed by atoms with Gasteiger partial charge in [0.05, 0.1) is 30.9 Å². The Hall–Kier alpha value is -2.42. The summed E-state index contributed by atoms with van der Waals surface area (Å²) in [5.41, 5.74) is -0.642. The van der Waals surface area contributed by atoms with E-state index in [9.17, 15) is 19.2 Å². The molecule has 0 saturated carbocycles. The van der Waals surface area contributed by atoms with E-state index < -0.39 is 29.4 Å². The Labute approximate surface area is 189 Å². The zero-order valence-electron chi connectivity index (χ0n) is 19.3. The summed E-state index contributed by atoms with van der Waals surface area (Å²) in [6.45, 7) is 5.92. The normalized spacial score (nSPS) is 25.8. The minimum Gasteiger partial charge on any atom is -0.463 e. The average Bonchev–Trinajstić information content (AvgIpc) is 3.17. The van der Waals surface area contributed by atoms with Crippen LogP contribution in [0, 0.1) is 11.8 Å². The van der Waals surface area contributed by atoms with Gasteiger partial charge in [0.2, 0.25) is 11.8 Å². The Balaban J connectivity index is 2.14. The van der Waals surface area contributed by atoms with Gasteiger partial charge < -0.3 is 24.8 Å². The molecular formula is C23H36N2O7. The molecule has 0 aliphatic carbocycles. The molecule has 2 rings (SSSR count). The number of ether oxygens (including phenoxy) is 2.